The van der Waals surface area contributed by atoms with Gasteiger partial charge in [-0.25, -0.2) is 4.39 Å². The van der Waals surface area contributed by atoms with Crippen LogP contribution in [0.4, 0.5) is 4.39 Å². The highest BCUT2D eigenvalue weighted by atomic mass is 35.5. The van der Waals surface area contributed by atoms with Gasteiger partial charge in [-0.1, -0.05) is 41.9 Å². The Morgan fingerprint density at radius 2 is 2.00 bits per heavy atom. The second-order valence-electron chi connectivity index (χ2n) is 6.05. The molecule has 28 heavy (non-hydrogen) atoms. The van der Waals surface area contributed by atoms with Crippen molar-refractivity contribution in [1.82, 2.24) is 9.55 Å². The molecule has 0 aliphatic carbocycles. The van der Waals surface area contributed by atoms with E-state index in [1.54, 1.807) is 0 Å². The smallest absolute Gasteiger partial charge is 0.264 e. The normalized spacial score (nSPS) is 11.2. The number of aromatic hydroxyl groups is 1. The molecular formula is C20H17ClFN3O2S. The van der Waals surface area contributed by atoms with Gasteiger partial charge in [0, 0.05) is 12.8 Å². The van der Waals surface area contributed by atoms with Crippen molar-refractivity contribution in [2.75, 3.05) is 6.54 Å². The number of nitrogens with zero attached hydrogens (tertiary/aromatic N) is 2. The number of aryl methyl sites for hydroxylation is 1. The van der Waals surface area contributed by atoms with E-state index in [9.17, 15) is 14.3 Å². The van der Waals surface area contributed by atoms with Crippen molar-refractivity contribution in [1.29, 1.82) is 0 Å². The van der Waals surface area contributed by atoms with Crippen molar-refractivity contribution in [2.24, 2.45) is 4.99 Å². The number of hydrogen-bond donors (Lipinski definition) is 2. The van der Waals surface area contributed by atoms with Gasteiger partial charge in [-0.15, -0.1) is 0 Å². The first-order valence-corrected chi connectivity index (χ1v) is 9.33. The molecule has 0 unspecified atom stereocenters. The number of hydrogen-bond acceptors (Lipinski definition) is 4. The number of H-pyrrole nitrogens is 1. The van der Waals surface area contributed by atoms with Gasteiger partial charge in [0.15, 0.2) is 4.77 Å². The Morgan fingerprint density at radius 3 is 2.71 bits per heavy atom. The molecule has 0 saturated heterocycles. The third-order valence-corrected chi connectivity index (χ3v) is 4.67. The van der Waals surface area contributed by atoms with Crippen LogP contribution in [-0.2, 0) is 6.42 Å². The van der Waals surface area contributed by atoms with Crippen molar-refractivity contribution in [3.05, 3.63) is 85.6 Å². The predicted octanol–water partition coefficient (Wildman–Crippen LogP) is 4.44. The van der Waals surface area contributed by atoms with E-state index < -0.39 is 11.4 Å². The van der Waals surface area contributed by atoms with Crippen LogP contribution in [-0.4, -0.2) is 27.4 Å². The lowest BCUT2D eigenvalue weighted by Crippen LogP contribution is -2.18. The second-order valence-corrected chi connectivity index (χ2v) is 6.85. The largest absolute Gasteiger partial charge is 0.494 e. The average molecular weight is 418 g/mol. The van der Waals surface area contributed by atoms with E-state index in [1.165, 1.54) is 28.5 Å². The Labute approximate surface area is 170 Å². The lowest BCUT2D eigenvalue weighted by Gasteiger charge is -2.11. The van der Waals surface area contributed by atoms with Crippen molar-refractivity contribution in [2.45, 2.75) is 12.8 Å². The summed E-state index contributed by atoms with van der Waals surface area (Å²) < 4.78 is 14.6. The van der Waals surface area contributed by atoms with E-state index in [0.717, 1.165) is 18.9 Å². The van der Waals surface area contributed by atoms with Crippen LogP contribution in [0.1, 0.15) is 17.5 Å². The zero-order valence-electron chi connectivity index (χ0n) is 14.7. The third-order valence-electron chi connectivity index (χ3n) is 4.10. The lowest BCUT2D eigenvalue weighted by atomic mass is 10.1. The number of rotatable bonds is 6. The van der Waals surface area contributed by atoms with Crippen molar-refractivity contribution in [3.63, 3.8) is 0 Å². The third kappa shape index (κ3) is 4.55. The fourth-order valence-electron chi connectivity index (χ4n) is 2.69. The van der Waals surface area contributed by atoms with E-state index in [4.69, 9.17) is 23.8 Å². The molecule has 0 amide bonds. The number of aromatic amines is 1. The Morgan fingerprint density at radius 1 is 1.25 bits per heavy atom. The van der Waals surface area contributed by atoms with Gasteiger partial charge in [0.2, 0.25) is 5.88 Å². The van der Waals surface area contributed by atoms with E-state index in [0.29, 0.717) is 12.2 Å². The first-order chi connectivity index (χ1) is 13.5. The molecule has 0 aliphatic rings. The SMILES string of the molecule is O=c1[nH]c(=S)n(-c2ccc(F)c(Cl)c2)c(O)c1C=NCCCc1ccccc1. The zero-order chi connectivity index (χ0) is 20.1. The Kier molecular flexibility index (Phi) is 6.38. The molecule has 0 atom stereocenters. The van der Waals surface area contributed by atoms with Crippen LogP contribution in [0.5, 0.6) is 5.88 Å². The van der Waals surface area contributed by atoms with Crippen LogP contribution in [0.15, 0.2) is 58.3 Å². The Hall–Kier alpha value is -2.77. The molecule has 144 valence electrons. The molecule has 8 heteroatoms. The van der Waals surface area contributed by atoms with Gasteiger partial charge in [0.25, 0.3) is 5.56 Å². The van der Waals surface area contributed by atoms with Gasteiger partial charge in [-0.05, 0) is 48.8 Å². The summed E-state index contributed by atoms with van der Waals surface area (Å²) in [5.74, 6) is -0.982. The van der Waals surface area contributed by atoms with E-state index in [1.807, 2.05) is 30.3 Å². The van der Waals surface area contributed by atoms with Gasteiger partial charge in [0.1, 0.15) is 11.4 Å². The van der Waals surface area contributed by atoms with Gasteiger partial charge in [-0.2, -0.15) is 0 Å². The first kappa shape index (κ1) is 20.0. The molecule has 0 radical (unpaired) electrons. The Bertz CT molecular complexity index is 1130. The fourth-order valence-corrected chi connectivity index (χ4v) is 3.15. The molecule has 0 spiro atoms. The number of halogens is 2. The van der Waals surface area contributed by atoms with E-state index >= 15 is 0 Å². The number of nitrogens with one attached hydrogen (secondary N) is 1. The minimum absolute atomic E-state index is 0.0336. The lowest BCUT2D eigenvalue weighted by molar-refractivity contribution is 0.432. The van der Waals surface area contributed by atoms with Crippen LogP contribution in [0, 0.1) is 10.6 Å². The van der Waals surface area contributed by atoms with Crippen molar-refractivity contribution in [3.8, 4) is 11.6 Å². The van der Waals surface area contributed by atoms with Gasteiger partial charge in [0.05, 0.1) is 10.7 Å². The summed E-state index contributed by atoms with van der Waals surface area (Å²) in [6.07, 6.45) is 2.97. The van der Waals surface area contributed by atoms with Crippen LogP contribution < -0.4 is 5.56 Å². The van der Waals surface area contributed by atoms with Gasteiger partial charge in [-0.3, -0.25) is 19.3 Å². The second kappa shape index (κ2) is 8.95. The first-order valence-electron chi connectivity index (χ1n) is 8.55. The van der Waals surface area contributed by atoms with Crippen LogP contribution in [0.3, 0.4) is 0 Å². The molecular weight excluding hydrogens is 401 g/mol. The minimum Gasteiger partial charge on any atom is -0.494 e. The van der Waals surface area contributed by atoms with Crippen molar-refractivity contribution >= 4 is 30.0 Å². The molecule has 0 saturated carbocycles. The van der Waals surface area contributed by atoms with Crippen molar-refractivity contribution < 1.29 is 9.50 Å². The zero-order valence-corrected chi connectivity index (χ0v) is 16.3. The molecule has 0 aliphatic heterocycles. The maximum absolute atomic E-state index is 13.4. The standard InChI is InChI=1S/C20H17ClFN3O2S/c21-16-11-14(8-9-17(16)22)25-19(27)15(18(26)24-20(25)28)12-23-10-4-7-13-5-2-1-3-6-13/h1-3,5-6,8-9,11-12,27H,4,7,10H2,(H,24,26,28). The molecule has 3 aromatic rings. The van der Waals surface area contributed by atoms with E-state index in [-0.39, 0.29) is 21.2 Å². The van der Waals surface area contributed by atoms with Gasteiger partial charge >= 0.3 is 0 Å². The summed E-state index contributed by atoms with van der Waals surface area (Å²) in [6.45, 7) is 0.492. The highest BCUT2D eigenvalue weighted by Gasteiger charge is 2.13. The maximum Gasteiger partial charge on any atom is 0.264 e. The van der Waals surface area contributed by atoms with Crippen LogP contribution in [0.2, 0.25) is 5.02 Å². The molecule has 3 rings (SSSR count). The summed E-state index contributed by atoms with van der Waals surface area (Å²) in [7, 11) is 0. The fraction of sp³-hybridized carbons (Fsp3) is 0.150. The summed E-state index contributed by atoms with van der Waals surface area (Å²) in [5, 5.41) is 10.4. The monoisotopic (exact) mass is 417 g/mol. The number of benzene rings is 2. The minimum atomic E-state index is -0.596. The number of aromatic nitrogens is 2. The highest BCUT2D eigenvalue weighted by molar-refractivity contribution is 7.71. The molecule has 0 fully saturated rings. The average Bonchev–Trinajstić information content (AvgIpc) is 2.67. The van der Waals surface area contributed by atoms with Crippen LogP contribution in [0.25, 0.3) is 5.69 Å². The molecule has 2 aromatic carbocycles. The molecule has 1 heterocycles. The van der Waals surface area contributed by atoms with Gasteiger partial charge < -0.3 is 5.11 Å². The summed E-state index contributed by atoms with van der Waals surface area (Å²) >= 11 is 10.9. The summed E-state index contributed by atoms with van der Waals surface area (Å²) in [5.41, 5.74) is 0.941. The topological polar surface area (TPSA) is 70.4 Å². The molecule has 0 bridgehead atoms. The summed E-state index contributed by atoms with van der Waals surface area (Å²) in [4.78, 5) is 18.9. The molecule has 5 nitrogen and oxygen atoms in total. The molecule has 2 N–H and O–H groups in total. The predicted molar refractivity (Wildman–Crippen MR) is 111 cm³/mol. The maximum atomic E-state index is 13.4. The van der Waals surface area contributed by atoms with E-state index in [2.05, 4.69) is 9.98 Å². The van der Waals surface area contributed by atoms with Crippen LogP contribution >= 0.6 is 23.8 Å². The summed E-state index contributed by atoms with van der Waals surface area (Å²) in [6, 6.07) is 13.9. The highest BCUT2D eigenvalue weighted by Crippen LogP contribution is 2.23. The quantitative estimate of drug-likeness (QED) is 0.354. The number of aliphatic imine (C=N–C) groups is 1. The Balaban J connectivity index is 1.82. The molecule has 1 aromatic heterocycles.